The summed E-state index contributed by atoms with van der Waals surface area (Å²) < 4.78 is 0. The molecule has 3 rings (SSSR count). The number of pyridine rings is 1. The topological polar surface area (TPSA) is 42.2 Å². The summed E-state index contributed by atoms with van der Waals surface area (Å²) in [7, 11) is 2.15. The highest BCUT2D eigenvalue weighted by atomic mass is 15.1. The predicted octanol–water partition coefficient (Wildman–Crippen LogP) is 1.68. The van der Waals surface area contributed by atoms with E-state index < -0.39 is 0 Å². The predicted molar refractivity (Wildman–Crippen MR) is 69.7 cm³/mol. The van der Waals surface area contributed by atoms with Gasteiger partial charge in [-0.15, -0.1) is 0 Å². The van der Waals surface area contributed by atoms with Gasteiger partial charge in [-0.2, -0.15) is 0 Å². The Labute approximate surface area is 101 Å². The lowest BCUT2D eigenvalue weighted by molar-refractivity contribution is 0.309. The van der Waals surface area contributed by atoms with Crippen molar-refractivity contribution in [1.29, 1.82) is 0 Å². The number of likely N-dealkylation sites (N-methyl/N-ethyl adjacent to an activating group) is 1. The molecule has 3 nitrogen and oxygen atoms in total. The van der Waals surface area contributed by atoms with Crippen LogP contribution in [0.3, 0.4) is 0 Å². The fourth-order valence-electron chi connectivity index (χ4n) is 2.65. The summed E-state index contributed by atoms with van der Waals surface area (Å²) in [5.74, 6) is 0. The zero-order valence-electron chi connectivity index (χ0n) is 10.1. The van der Waals surface area contributed by atoms with Gasteiger partial charge in [-0.05, 0) is 24.2 Å². The van der Waals surface area contributed by atoms with E-state index in [0.717, 1.165) is 25.0 Å². The quantitative estimate of drug-likeness (QED) is 0.806. The molecular weight excluding hydrogens is 210 g/mol. The van der Waals surface area contributed by atoms with E-state index in [1.807, 2.05) is 6.07 Å². The zero-order chi connectivity index (χ0) is 11.8. The highest BCUT2D eigenvalue weighted by Crippen LogP contribution is 2.27. The molecule has 1 aromatic heterocycles. The third-order valence-corrected chi connectivity index (χ3v) is 3.56. The maximum absolute atomic E-state index is 5.94. The van der Waals surface area contributed by atoms with Gasteiger partial charge < -0.3 is 10.6 Å². The van der Waals surface area contributed by atoms with Crippen LogP contribution in [-0.4, -0.2) is 23.5 Å². The smallest absolute Gasteiger partial charge is 0.0708 e. The van der Waals surface area contributed by atoms with Gasteiger partial charge in [-0.1, -0.05) is 18.2 Å². The Morgan fingerprint density at radius 3 is 3.00 bits per heavy atom. The van der Waals surface area contributed by atoms with Crippen molar-refractivity contribution in [1.82, 2.24) is 9.88 Å². The van der Waals surface area contributed by atoms with Crippen molar-refractivity contribution >= 4 is 10.9 Å². The lowest BCUT2D eigenvalue weighted by Crippen LogP contribution is -2.29. The molecule has 0 atom stereocenters. The largest absolute Gasteiger partial charge is 0.326 e. The van der Waals surface area contributed by atoms with Crippen LogP contribution in [0.4, 0.5) is 0 Å². The summed E-state index contributed by atoms with van der Waals surface area (Å²) >= 11 is 0. The molecule has 1 aliphatic rings. The van der Waals surface area contributed by atoms with Crippen molar-refractivity contribution in [2.45, 2.75) is 19.5 Å². The minimum Gasteiger partial charge on any atom is -0.326 e. The standard InChI is InChI=1S/C14H17N3/c1-17-7-6-14-12(9-17)11(8-15)10-4-2-3-5-13(10)16-14/h2-5H,6-9,15H2,1H3. The first-order valence-electron chi connectivity index (χ1n) is 6.07. The fraction of sp³-hybridized carbons (Fsp3) is 0.357. The Bertz CT molecular complexity index is 563. The van der Waals surface area contributed by atoms with Crippen LogP contribution in [-0.2, 0) is 19.5 Å². The van der Waals surface area contributed by atoms with Crippen molar-refractivity contribution in [2.75, 3.05) is 13.6 Å². The normalized spacial score (nSPS) is 16.1. The molecule has 17 heavy (non-hydrogen) atoms. The maximum Gasteiger partial charge on any atom is 0.0708 e. The van der Waals surface area contributed by atoms with Crippen LogP contribution < -0.4 is 5.73 Å². The van der Waals surface area contributed by atoms with Gasteiger partial charge in [-0.25, -0.2) is 0 Å². The van der Waals surface area contributed by atoms with Crippen molar-refractivity contribution in [2.24, 2.45) is 5.73 Å². The van der Waals surface area contributed by atoms with E-state index >= 15 is 0 Å². The highest BCUT2D eigenvalue weighted by Gasteiger charge is 2.19. The van der Waals surface area contributed by atoms with Crippen molar-refractivity contribution in [3.63, 3.8) is 0 Å². The van der Waals surface area contributed by atoms with Gasteiger partial charge >= 0.3 is 0 Å². The molecule has 2 heterocycles. The van der Waals surface area contributed by atoms with Gasteiger partial charge in [-0.3, -0.25) is 4.98 Å². The Hall–Kier alpha value is -1.45. The second kappa shape index (κ2) is 4.09. The van der Waals surface area contributed by atoms with Gasteiger partial charge in [0.1, 0.15) is 0 Å². The van der Waals surface area contributed by atoms with Crippen LogP contribution in [0.15, 0.2) is 24.3 Å². The van der Waals surface area contributed by atoms with Crippen LogP contribution in [0.2, 0.25) is 0 Å². The molecule has 0 radical (unpaired) electrons. The molecule has 88 valence electrons. The lowest BCUT2D eigenvalue weighted by atomic mass is 9.96. The van der Waals surface area contributed by atoms with Gasteiger partial charge in [0.15, 0.2) is 0 Å². The molecule has 0 aliphatic carbocycles. The number of hydrogen-bond donors (Lipinski definition) is 1. The molecule has 0 fully saturated rings. The minimum absolute atomic E-state index is 0.596. The van der Waals surface area contributed by atoms with E-state index in [0.29, 0.717) is 6.54 Å². The molecule has 0 amide bonds. The molecule has 1 aliphatic heterocycles. The monoisotopic (exact) mass is 227 g/mol. The molecule has 0 unspecified atom stereocenters. The fourth-order valence-corrected chi connectivity index (χ4v) is 2.65. The summed E-state index contributed by atoms with van der Waals surface area (Å²) in [5, 5.41) is 1.21. The maximum atomic E-state index is 5.94. The molecule has 0 saturated carbocycles. The van der Waals surface area contributed by atoms with E-state index in [4.69, 9.17) is 10.7 Å². The van der Waals surface area contributed by atoms with Crippen LogP contribution in [0, 0.1) is 0 Å². The number of aromatic nitrogens is 1. The Morgan fingerprint density at radius 1 is 1.35 bits per heavy atom. The van der Waals surface area contributed by atoms with Crippen molar-refractivity contribution < 1.29 is 0 Å². The number of hydrogen-bond acceptors (Lipinski definition) is 3. The molecule has 1 aromatic carbocycles. The molecular formula is C14H17N3. The summed E-state index contributed by atoms with van der Waals surface area (Å²) in [6.07, 6.45) is 1.03. The van der Waals surface area contributed by atoms with Crippen LogP contribution in [0.25, 0.3) is 10.9 Å². The summed E-state index contributed by atoms with van der Waals surface area (Å²) in [6, 6.07) is 8.30. The number of para-hydroxylation sites is 1. The van der Waals surface area contributed by atoms with Crippen LogP contribution in [0.1, 0.15) is 16.8 Å². The van der Waals surface area contributed by atoms with E-state index in [9.17, 15) is 0 Å². The van der Waals surface area contributed by atoms with Crippen LogP contribution >= 0.6 is 0 Å². The zero-order valence-corrected chi connectivity index (χ0v) is 10.1. The Balaban J connectivity index is 2.30. The average molecular weight is 227 g/mol. The number of fused-ring (bicyclic) bond motifs is 2. The van der Waals surface area contributed by atoms with E-state index in [1.54, 1.807) is 0 Å². The molecule has 2 aromatic rings. The third-order valence-electron chi connectivity index (χ3n) is 3.56. The minimum atomic E-state index is 0.596. The molecule has 0 saturated heterocycles. The number of nitrogens with two attached hydrogens (primary N) is 1. The molecule has 0 bridgehead atoms. The van der Waals surface area contributed by atoms with Gasteiger partial charge in [0.2, 0.25) is 0 Å². The average Bonchev–Trinajstić information content (AvgIpc) is 2.36. The summed E-state index contributed by atoms with van der Waals surface area (Å²) in [6.45, 7) is 2.65. The van der Waals surface area contributed by atoms with Crippen molar-refractivity contribution in [3.8, 4) is 0 Å². The Kier molecular flexibility index (Phi) is 2.57. The second-order valence-corrected chi connectivity index (χ2v) is 4.72. The molecule has 0 spiro atoms. The summed E-state index contributed by atoms with van der Waals surface area (Å²) in [4.78, 5) is 7.11. The molecule has 3 heteroatoms. The van der Waals surface area contributed by atoms with Gasteiger partial charge in [0.25, 0.3) is 0 Å². The van der Waals surface area contributed by atoms with Gasteiger partial charge in [0.05, 0.1) is 5.52 Å². The summed E-state index contributed by atoms with van der Waals surface area (Å²) in [5.41, 5.74) is 10.9. The Morgan fingerprint density at radius 2 is 2.18 bits per heavy atom. The number of nitrogens with zero attached hydrogens (tertiary/aromatic N) is 2. The first kappa shape index (κ1) is 10.7. The van der Waals surface area contributed by atoms with E-state index in [-0.39, 0.29) is 0 Å². The lowest BCUT2D eigenvalue weighted by Gasteiger charge is -2.27. The highest BCUT2D eigenvalue weighted by molar-refractivity contribution is 5.83. The SMILES string of the molecule is CN1CCc2nc3ccccc3c(CN)c2C1. The van der Waals surface area contributed by atoms with Gasteiger partial charge in [0, 0.05) is 37.1 Å². The number of benzene rings is 1. The second-order valence-electron chi connectivity index (χ2n) is 4.72. The van der Waals surface area contributed by atoms with Crippen molar-refractivity contribution in [3.05, 3.63) is 41.1 Å². The first-order chi connectivity index (χ1) is 8.29. The van der Waals surface area contributed by atoms with E-state index in [1.165, 1.54) is 22.2 Å². The van der Waals surface area contributed by atoms with Crippen LogP contribution in [0.5, 0.6) is 0 Å². The number of rotatable bonds is 1. The van der Waals surface area contributed by atoms with E-state index in [2.05, 4.69) is 30.1 Å². The third kappa shape index (κ3) is 1.72. The molecule has 2 N–H and O–H groups in total. The first-order valence-corrected chi connectivity index (χ1v) is 6.07.